The number of anilines is 1. The van der Waals surface area contributed by atoms with Crippen LogP contribution in [0.4, 0.5) is 5.69 Å². The molecule has 0 amide bonds. The van der Waals surface area contributed by atoms with E-state index >= 15 is 0 Å². The van der Waals surface area contributed by atoms with Crippen LogP contribution in [0.5, 0.6) is 0 Å². The molecule has 1 rings (SSSR count). The minimum Gasteiger partial charge on any atom is -0.398 e. The molecule has 0 aliphatic heterocycles. The average Bonchev–Trinajstić information content (AvgIpc) is 2.07. The molecular weight excluding hydrogens is 150 g/mol. The zero-order valence-electron chi connectivity index (χ0n) is 6.79. The highest BCUT2D eigenvalue weighted by molar-refractivity contribution is 5.74. The summed E-state index contributed by atoms with van der Waals surface area (Å²) in [5.74, 6) is 4.99. The average molecular weight is 159 g/mol. The molecule has 0 heterocycles. The van der Waals surface area contributed by atoms with Crippen molar-refractivity contribution in [2.24, 2.45) is 0 Å². The molecule has 0 spiro atoms. The van der Waals surface area contributed by atoms with Gasteiger partial charge >= 0.3 is 0 Å². The Hall–Kier alpha value is -1.75. The molecular formula is C10H9NO. The molecule has 0 saturated heterocycles. The van der Waals surface area contributed by atoms with E-state index in [1.807, 2.05) is 19.1 Å². The SMILES string of the molecule is Cc1ccc(C#CC=O)cc1N. The topological polar surface area (TPSA) is 43.1 Å². The quantitative estimate of drug-likeness (QED) is 0.350. The van der Waals surface area contributed by atoms with E-state index in [9.17, 15) is 4.79 Å². The van der Waals surface area contributed by atoms with Crippen LogP contribution >= 0.6 is 0 Å². The Morgan fingerprint density at radius 1 is 1.50 bits per heavy atom. The van der Waals surface area contributed by atoms with E-state index in [1.165, 1.54) is 0 Å². The van der Waals surface area contributed by atoms with Gasteiger partial charge in [0.15, 0.2) is 6.29 Å². The predicted molar refractivity (Wildman–Crippen MR) is 48.5 cm³/mol. The lowest BCUT2D eigenvalue weighted by Gasteiger charge is -1.98. The highest BCUT2D eigenvalue weighted by Crippen LogP contribution is 2.11. The maximum atomic E-state index is 9.93. The van der Waals surface area contributed by atoms with Crippen molar-refractivity contribution in [3.05, 3.63) is 29.3 Å². The highest BCUT2D eigenvalue weighted by atomic mass is 16.1. The molecule has 0 radical (unpaired) electrons. The van der Waals surface area contributed by atoms with E-state index in [-0.39, 0.29) is 0 Å². The number of carbonyl (C=O) groups excluding carboxylic acids is 1. The molecule has 1 aromatic carbocycles. The van der Waals surface area contributed by atoms with Crippen LogP contribution in [0.2, 0.25) is 0 Å². The summed E-state index contributed by atoms with van der Waals surface area (Å²) in [7, 11) is 0. The molecule has 60 valence electrons. The van der Waals surface area contributed by atoms with Gasteiger partial charge in [0, 0.05) is 11.3 Å². The van der Waals surface area contributed by atoms with E-state index in [4.69, 9.17) is 5.73 Å². The third kappa shape index (κ3) is 1.86. The highest BCUT2D eigenvalue weighted by Gasteiger charge is 1.92. The van der Waals surface area contributed by atoms with Gasteiger partial charge in [-0.3, -0.25) is 4.79 Å². The maximum absolute atomic E-state index is 9.93. The molecule has 0 atom stereocenters. The van der Waals surface area contributed by atoms with Gasteiger partial charge in [0.25, 0.3) is 0 Å². The molecule has 0 fully saturated rings. The first kappa shape index (κ1) is 8.35. The number of nitrogens with two attached hydrogens (primary N) is 1. The van der Waals surface area contributed by atoms with Gasteiger partial charge in [-0.15, -0.1) is 0 Å². The lowest BCUT2D eigenvalue weighted by atomic mass is 10.1. The fraction of sp³-hybridized carbons (Fsp3) is 0.100. The number of carbonyl (C=O) groups is 1. The number of rotatable bonds is 0. The Kier molecular flexibility index (Phi) is 2.49. The molecule has 12 heavy (non-hydrogen) atoms. The smallest absolute Gasteiger partial charge is 0.193 e. The summed E-state index contributed by atoms with van der Waals surface area (Å²) in [5.41, 5.74) is 8.13. The normalized spacial score (nSPS) is 8.42. The molecule has 0 aliphatic carbocycles. The lowest BCUT2D eigenvalue weighted by Crippen LogP contribution is -1.89. The first-order valence-corrected chi connectivity index (χ1v) is 3.55. The van der Waals surface area contributed by atoms with Crippen molar-refractivity contribution in [2.45, 2.75) is 6.92 Å². The summed E-state index contributed by atoms with van der Waals surface area (Å²) < 4.78 is 0. The number of nitrogen functional groups attached to an aromatic ring is 1. The zero-order chi connectivity index (χ0) is 8.97. The van der Waals surface area contributed by atoms with Crippen LogP contribution < -0.4 is 5.73 Å². The van der Waals surface area contributed by atoms with E-state index < -0.39 is 0 Å². The summed E-state index contributed by atoms with van der Waals surface area (Å²) in [6, 6.07) is 5.47. The maximum Gasteiger partial charge on any atom is 0.193 e. The van der Waals surface area contributed by atoms with Crippen LogP contribution in [0.25, 0.3) is 0 Å². The Labute approximate surface area is 71.4 Å². The fourth-order valence-electron chi connectivity index (χ4n) is 0.831. The largest absolute Gasteiger partial charge is 0.398 e. The van der Waals surface area contributed by atoms with Crippen molar-refractivity contribution < 1.29 is 4.79 Å². The molecule has 2 N–H and O–H groups in total. The van der Waals surface area contributed by atoms with Gasteiger partial charge < -0.3 is 5.73 Å². The van der Waals surface area contributed by atoms with Crippen molar-refractivity contribution in [1.29, 1.82) is 0 Å². The predicted octanol–water partition coefficient (Wildman–Crippen LogP) is 1.13. The molecule has 2 nitrogen and oxygen atoms in total. The van der Waals surface area contributed by atoms with Gasteiger partial charge in [-0.05, 0) is 30.5 Å². The number of aryl methyl sites for hydroxylation is 1. The third-order valence-electron chi connectivity index (χ3n) is 1.55. The Morgan fingerprint density at radius 3 is 2.83 bits per heavy atom. The molecule has 0 unspecified atom stereocenters. The second-order valence-electron chi connectivity index (χ2n) is 2.46. The Balaban J connectivity index is 3.04. The summed E-state index contributed by atoms with van der Waals surface area (Å²) >= 11 is 0. The minimum atomic E-state index is 0.566. The summed E-state index contributed by atoms with van der Waals surface area (Å²) in [6.45, 7) is 1.92. The van der Waals surface area contributed by atoms with E-state index in [0.717, 1.165) is 11.1 Å². The zero-order valence-corrected chi connectivity index (χ0v) is 6.79. The molecule has 0 saturated carbocycles. The second kappa shape index (κ2) is 3.59. The molecule has 0 aliphatic rings. The summed E-state index contributed by atoms with van der Waals surface area (Å²) in [5, 5.41) is 0. The lowest BCUT2D eigenvalue weighted by molar-refractivity contribution is -0.103. The minimum absolute atomic E-state index is 0.566. The van der Waals surface area contributed by atoms with Gasteiger partial charge in [0.2, 0.25) is 0 Å². The fourth-order valence-corrected chi connectivity index (χ4v) is 0.831. The van der Waals surface area contributed by atoms with Crippen molar-refractivity contribution in [1.82, 2.24) is 0 Å². The second-order valence-corrected chi connectivity index (χ2v) is 2.46. The number of aldehydes is 1. The van der Waals surface area contributed by atoms with E-state index in [2.05, 4.69) is 11.8 Å². The van der Waals surface area contributed by atoms with Crippen molar-refractivity contribution in [2.75, 3.05) is 5.73 Å². The van der Waals surface area contributed by atoms with E-state index in [0.29, 0.717) is 12.0 Å². The number of hydrogen-bond donors (Lipinski definition) is 1. The van der Waals surface area contributed by atoms with Crippen molar-refractivity contribution in [3.63, 3.8) is 0 Å². The van der Waals surface area contributed by atoms with E-state index in [1.54, 1.807) is 6.07 Å². The van der Waals surface area contributed by atoms with Crippen LogP contribution in [-0.2, 0) is 4.79 Å². The first-order valence-electron chi connectivity index (χ1n) is 3.55. The van der Waals surface area contributed by atoms with Crippen LogP contribution in [0, 0.1) is 18.8 Å². The standard InChI is InChI=1S/C10H9NO/c1-8-4-5-9(3-2-6-12)7-10(8)11/h4-7H,11H2,1H3. The third-order valence-corrected chi connectivity index (χ3v) is 1.55. The van der Waals surface area contributed by atoms with Crippen LogP contribution in [0.15, 0.2) is 18.2 Å². The van der Waals surface area contributed by atoms with Gasteiger partial charge in [-0.2, -0.15) is 0 Å². The Morgan fingerprint density at radius 2 is 2.25 bits per heavy atom. The van der Waals surface area contributed by atoms with Crippen LogP contribution in [0.3, 0.4) is 0 Å². The van der Waals surface area contributed by atoms with Crippen molar-refractivity contribution in [3.8, 4) is 11.8 Å². The first-order chi connectivity index (χ1) is 5.74. The van der Waals surface area contributed by atoms with Crippen LogP contribution in [0.1, 0.15) is 11.1 Å². The number of benzene rings is 1. The summed E-state index contributed by atoms with van der Waals surface area (Å²) in [6.07, 6.45) is 0.566. The molecule has 0 bridgehead atoms. The van der Waals surface area contributed by atoms with Gasteiger partial charge in [-0.25, -0.2) is 0 Å². The Bertz CT molecular complexity index is 358. The monoisotopic (exact) mass is 159 g/mol. The van der Waals surface area contributed by atoms with Gasteiger partial charge in [0.1, 0.15) is 0 Å². The molecule has 2 heteroatoms. The molecule has 0 aromatic heterocycles. The van der Waals surface area contributed by atoms with Gasteiger partial charge in [-0.1, -0.05) is 12.0 Å². The van der Waals surface area contributed by atoms with Crippen molar-refractivity contribution >= 4 is 12.0 Å². The summed E-state index contributed by atoms with van der Waals surface area (Å²) in [4.78, 5) is 9.93. The van der Waals surface area contributed by atoms with Gasteiger partial charge in [0.05, 0.1) is 0 Å². The van der Waals surface area contributed by atoms with Crippen LogP contribution in [-0.4, -0.2) is 6.29 Å². The number of hydrogen-bond acceptors (Lipinski definition) is 2. The molecule has 1 aromatic rings.